The third-order valence-electron chi connectivity index (χ3n) is 4.74. The van der Waals surface area contributed by atoms with Gasteiger partial charge in [0.05, 0.1) is 12.3 Å². The van der Waals surface area contributed by atoms with Crippen LogP contribution in [0.1, 0.15) is 26.7 Å². The molecule has 150 valence electrons. The second kappa shape index (κ2) is 9.20. The van der Waals surface area contributed by atoms with E-state index in [-0.39, 0.29) is 48.1 Å². The number of sulfone groups is 1. The van der Waals surface area contributed by atoms with Gasteiger partial charge in [0, 0.05) is 25.9 Å². The zero-order chi connectivity index (χ0) is 18.7. The number of hydrogen-bond acceptors (Lipinski definition) is 5. The Bertz CT molecular complexity index is 661. The van der Waals surface area contributed by atoms with E-state index in [0.29, 0.717) is 25.6 Å². The highest BCUT2D eigenvalue weighted by Crippen LogP contribution is 2.30. The Morgan fingerprint density at radius 1 is 1.35 bits per heavy atom. The maximum atomic E-state index is 12.1. The minimum absolute atomic E-state index is 0. The van der Waals surface area contributed by atoms with E-state index in [9.17, 15) is 18.0 Å². The molecule has 0 aromatic heterocycles. The summed E-state index contributed by atoms with van der Waals surface area (Å²) in [5.74, 6) is 0.483. The van der Waals surface area contributed by atoms with Crippen LogP contribution in [0.15, 0.2) is 4.99 Å². The van der Waals surface area contributed by atoms with Gasteiger partial charge in [0.15, 0.2) is 5.96 Å². The Balaban J connectivity index is 0.00000338. The molecule has 1 atom stereocenters. The van der Waals surface area contributed by atoms with Crippen LogP contribution in [0.4, 0.5) is 4.79 Å². The molecule has 0 bridgehead atoms. The van der Waals surface area contributed by atoms with Gasteiger partial charge in [-0.05, 0) is 32.6 Å². The fourth-order valence-corrected chi connectivity index (χ4v) is 3.68. The van der Waals surface area contributed by atoms with Crippen molar-refractivity contribution in [1.82, 2.24) is 20.9 Å². The number of urea groups is 1. The molecule has 11 heteroatoms. The van der Waals surface area contributed by atoms with Crippen molar-refractivity contribution in [2.75, 3.05) is 38.2 Å². The summed E-state index contributed by atoms with van der Waals surface area (Å²) in [5.41, 5.74) is -0.866. The van der Waals surface area contributed by atoms with Crippen LogP contribution in [0.5, 0.6) is 0 Å². The van der Waals surface area contributed by atoms with Crippen LogP contribution >= 0.6 is 24.0 Å². The third-order valence-corrected chi connectivity index (χ3v) is 5.67. The molecule has 0 saturated carbocycles. The van der Waals surface area contributed by atoms with Gasteiger partial charge in [-0.2, -0.15) is 0 Å². The van der Waals surface area contributed by atoms with E-state index >= 15 is 0 Å². The fraction of sp³-hybridized carbons (Fsp3) is 0.800. The van der Waals surface area contributed by atoms with Crippen LogP contribution in [0, 0.1) is 5.92 Å². The first-order valence-electron chi connectivity index (χ1n) is 8.50. The highest BCUT2D eigenvalue weighted by molar-refractivity contribution is 14.0. The molecule has 3 N–H and O–H groups in total. The Morgan fingerprint density at radius 2 is 1.96 bits per heavy atom. The monoisotopic (exact) mass is 501 g/mol. The lowest BCUT2D eigenvalue weighted by Gasteiger charge is -2.39. The summed E-state index contributed by atoms with van der Waals surface area (Å²) in [4.78, 5) is 30.0. The van der Waals surface area contributed by atoms with Crippen LogP contribution in [0.2, 0.25) is 0 Å². The van der Waals surface area contributed by atoms with E-state index < -0.39 is 21.4 Å². The van der Waals surface area contributed by atoms with E-state index in [0.717, 1.165) is 12.8 Å². The number of guanidine groups is 1. The number of carbonyl (C=O) groups is 2. The van der Waals surface area contributed by atoms with Crippen molar-refractivity contribution in [3.8, 4) is 0 Å². The molecule has 0 spiro atoms. The van der Waals surface area contributed by atoms with Crippen molar-refractivity contribution in [3.05, 3.63) is 0 Å². The molecule has 1 unspecified atom stereocenters. The van der Waals surface area contributed by atoms with Crippen molar-refractivity contribution in [3.63, 3.8) is 0 Å². The lowest BCUT2D eigenvalue weighted by Crippen LogP contribution is -2.55. The van der Waals surface area contributed by atoms with Gasteiger partial charge in [-0.1, -0.05) is 0 Å². The summed E-state index contributed by atoms with van der Waals surface area (Å²) in [7, 11) is -3.04. The Hall–Kier alpha value is -1.11. The molecule has 0 aliphatic carbocycles. The van der Waals surface area contributed by atoms with Gasteiger partial charge in [-0.15, -0.1) is 24.0 Å². The van der Waals surface area contributed by atoms with Crippen LogP contribution in [-0.4, -0.2) is 74.9 Å². The van der Waals surface area contributed by atoms with E-state index in [1.165, 1.54) is 6.26 Å². The summed E-state index contributed by atoms with van der Waals surface area (Å²) in [6, 6.07) is -0.439. The van der Waals surface area contributed by atoms with Crippen molar-refractivity contribution < 1.29 is 18.0 Å². The van der Waals surface area contributed by atoms with Gasteiger partial charge >= 0.3 is 6.03 Å². The summed E-state index contributed by atoms with van der Waals surface area (Å²) in [6.45, 7) is 6.00. The first kappa shape index (κ1) is 22.9. The maximum Gasteiger partial charge on any atom is 0.322 e. The highest BCUT2D eigenvalue weighted by Gasteiger charge is 2.48. The Labute approximate surface area is 171 Å². The topological polar surface area (TPSA) is 120 Å². The van der Waals surface area contributed by atoms with Gasteiger partial charge in [-0.3, -0.25) is 15.1 Å². The highest BCUT2D eigenvalue weighted by atomic mass is 127. The van der Waals surface area contributed by atoms with Crippen LogP contribution in [0.25, 0.3) is 0 Å². The van der Waals surface area contributed by atoms with E-state index in [1.807, 2.05) is 6.92 Å². The zero-order valence-electron chi connectivity index (χ0n) is 15.4. The van der Waals surface area contributed by atoms with E-state index in [2.05, 4.69) is 25.8 Å². The van der Waals surface area contributed by atoms with E-state index in [4.69, 9.17) is 0 Å². The summed E-state index contributed by atoms with van der Waals surface area (Å²) >= 11 is 0. The number of amides is 3. The van der Waals surface area contributed by atoms with Crippen LogP contribution in [0.3, 0.4) is 0 Å². The van der Waals surface area contributed by atoms with Gasteiger partial charge in [0.25, 0.3) is 5.91 Å². The fourth-order valence-electron chi connectivity index (χ4n) is 3.26. The molecular formula is C15H28IN5O4S. The number of rotatable bonds is 5. The first-order valence-corrected chi connectivity index (χ1v) is 10.6. The second-order valence-electron chi connectivity index (χ2n) is 6.74. The number of halogens is 1. The number of nitrogens with one attached hydrogen (secondary N) is 3. The number of nitrogens with zero attached hydrogens (tertiary/aromatic N) is 2. The number of aliphatic imine (C=N–C) groups is 1. The number of imide groups is 1. The molecule has 0 radical (unpaired) electrons. The first-order chi connectivity index (χ1) is 11.7. The second-order valence-corrected chi connectivity index (χ2v) is 9.00. The standard InChI is InChI=1S/C15H27N5O4S.HI/c1-4-16-13(17-7-10-25(3,23)24)20-8-5-11(6-9-20)15(2)12(21)18-14(22)19-15;/h11H,4-10H2,1-3H3,(H,16,17)(H2,18,19,21,22);1H. The lowest BCUT2D eigenvalue weighted by molar-refractivity contribution is -0.125. The van der Waals surface area contributed by atoms with Gasteiger partial charge in [0.2, 0.25) is 0 Å². The lowest BCUT2D eigenvalue weighted by atomic mass is 9.79. The quantitative estimate of drug-likeness (QED) is 0.210. The molecule has 2 saturated heterocycles. The molecular weight excluding hydrogens is 473 g/mol. The third kappa shape index (κ3) is 5.69. The minimum atomic E-state index is -3.04. The summed E-state index contributed by atoms with van der Waals surface area (Å²) in [5, 5.41) is 8.23. The molecule has 0 aromatic rings. The molecule has 2 aliphatic heterocycles. The van der Waals surface area contributed by atoms with Gasteiger partial charge in [0.1, 0.15) is 15.4 Å². The number of likely N-dealkylation sites (tertiary alicyclic amines) is 1. The van der Waals surface area contributed by atoms with Crippen molar-refractivity contribution in [2.24, 2.45) is 10.9 Å². The SMILES string of the molecule is CCNC(=NCCS(C)(=O)=O)N1CCC(C2(C)NC(=O)NC2=O)CC1.I. The molecule has 0 aromatic carbocycles. The van der Waals surface area contributed by atoms with E-state index in [1.54, 1.807) is 6.92 Å². The van der Waals surface area contributed by atoms with Gasteiger partial charge in [-0.25, -0.2) is 13.2 Å². The van der Waals surface area contributed by atoms with Crippen molar-refractivity contribution in [2.45, 2.75) is 32.2 Å². The molecule has 2 aliphatic rings. The molecule has 2 rings (SSSR count). The molecule has 2 fully saturated rings. The summed E-state index contributed by atoms with van der Waals surface area (Å²) in [6.07, 6.45) is 2.67. The van der Waals surface area contributed by atoms with Crippen molar-refractivity contribution >= 4 is 51.7 Å². The minimum Gasteiger partial charge on any atom is -0.357 e. The summed E-state index contributed by atoms with van der Waals surface area (Å²) < 4.78 is 22.5. The van der Waals surface area contributed by atoms with Crippen LogP contribution < -0.4 is 16.0 Å². The Morgan fingerprint density at radius 3 is 2.42 bits per heavy atom. The Kier molecular flexibility index (Phi) is 8.11. The molecule has 2 heterocycles. The van der Waals surface area contributed by atoms with Gasteiger partial charge < -0.3 is 15.5 Å². The number of piperidine rings is 1. The average Bonchev–Trinajstić information content (AvgIpc) is 2.79. The predicted molar refractivity (Wildman–Crippen MR) is 110 cm³/mol. The normalized spacial score (nSPS) is 24.7. The maximum absolute atomic E-state index is 12.1. The zero-order valence-corrected chi connectivity index (χ0v) is 18.5. The van der Waals surface area contributed by atoms with Crippen molar-refractivity contribution in [1.29, 1.82) is 0 Å². The smallest absolute Gasteiger partial charge is 0.322 e. The molecule has 26 heavy (non-hydrogen) atoms. The average molecular weight is 501 g/mol. The number of hydrogen-bond donors (Lipinski definition) is 3. The molecule has 3 amide bonds. The van der Waals surface area contributed by atoms with Crippen LogP contribution in [-0.2, 0) is 14.6 Å². The molecule has 9 nitrogen and oxygen atoms in total. The number of carbonyl (C=O) groups excluding carboxylic acids is 2. The largest absolute Gasteiger partial charge is 0.357 e. The predicted octanol–water partition coefficient (Wildman–Crippen LogP) is -0.0754.